The molecule has 0 aliphatic carbocycles. The summed E-state index contributed by atoms with van der Waals surface area (Å²) in [6, 6.07) is 18.6. The van der Waals surface area contributed by atoms with Crippen LogP contribution >= 0.6 is 0 Å². The van der Waals surface area contributed by atoms with Crippen molar-refractivity contribution in [3.05, 3.63) is 78.3 Å². The van der Waals surface area contributed by atoms with Crippen molar-refractivity contribution in [1.29, 1.82) is 0 Å². The molecule has 7 heteroatoms. The number of amides is 1. The van der Waals surface area contributed by atoms with E-state index in [2.05, 4.69) is 10.3 Å². The summed E-state index contributed by atoms with van der Waals surface area (Å²) in [4.78, 5) is 17.8. The summed E-state index contributed by atoms with van der Waals surface area (Å²) >= 11 is 0. The lowest BCUT2D eigenvalue weighted by molar-refractivity contribution is 0.0924. The highest BCUT2D eigenvalue weighted by atomic mass is 16.5. The average Bonchev–Trinajstić information content (AvgIpc) is 3.36. The Hall–Kier alpha value is -3.84. The van der Waals surface area contributed by atoms with E-state index in [9.17, 15) is 4.79 Å². The average molecular weight is 446 g/mol. The maximum absolute atomic E-state index is 13.3. The minimum atomic E-state index is -0.427. The van der Waals surface area contributed by atoms with E-state index in [4.69, 9.17) is 19.6 Å². The molecule has 0 fully saturated rings. The summed E-state index contributed by atoms with van der Waals surface area (Å²) < 4.78 is 17.0. The Balaban J connectivity index is 1.64. The van der Waals surface area contributed by atoms with Crippen molar-refractivity contribution in [1.82, 2.24) is 10.3 Å². The zero-order valence-corrected chi connectivity index (χ0v) is 18.7. The van der Waals surface area contributed by atoms with E-state index in [1.54, 1.807) is 26.5 Å². The lowest BCUT2D eigenvalue weighted by atomic mass is 10.0. The van der Waals surface area contributed by atoms with Gasteiger partial charge in [-0.3, -0.25) is 4.79 Å². The summed E-state index contributed by atoms with van der Waals surface area (Å²) in [5.41, 5.74) is 7.08. The molecule has 1 heterocycles. The van der Waals surface area contributed by atoms with Crippen molar-refractivity contribution in [2.75, 3.05) is 20.8 Å². The number of hydrogen-bond acceptors (Lipinski definition) is 6. The topological polar surface area (TPSA) is 99.6 Å². The van der Waals surface area contributed by atoms with Gasteiger partial charge in [0, 0.05) is 10.9 Å². The highest BCUT2D eigenvalue weighted by Crippen LogP contribution is 2.33. The molecule has 4 aromatic rings. The molecule has 0 saturated heterocycles. The molecule has 4 rings (SSSR count). The SMILES string of the molecule is COc1cc2c(OC)cccc2cc1C(=O)N[C@@H](CCCN)c1ncc(-c2ccccc2)o1. The van der Waals surface area contributed by atoms with Crippen LogP contribution in [0.25, 0.3) is 22.1 Å². The molecule has 1 amide bonds. The van der Waals surface area contributed by atoms with E-state index in [0.29, 0.717) is 48.1 Å². The smallest absolute Gasteiger partial charge is 0.255 e. The first-order chi connectivity index (χ1) is 16.1. The predicted molar refractivity (Wildman–Crippen MR) is 127 cm³/mol. The van der Waals surface area contributed by atoms with Gasteiger partial charge in [0.2, 0.25) is 5.89 Å². The Bertz CT molecular complexity index is 1240. The van der Waals surface area contributed by atoms with Gasteiger partial charge in [0.1, 0.15) is 17.5 Å². The van der Waals surface area contributed by atoms with Gasteiger partial charge < -0.3 is 24.9 Å². The van der Waals surface area contributed by atoms with Gasteiger partial charge >= 0.3 is 0 Å². The fourth-order valence-electron chi connectivity index (χ4n) is 3.80. The van der Waals surface area contributed by atoms with Gasteiger partial charge in [-0.2, -0.15) is 0 Å². The lowest BCUT2D eigenvalue weighted by Gasteiger charge is -2.17. The van der Waals surface area contributed by atoms with Crippen LogP contribution in [-0.4, -0.2) is 31.7 Å². The Morgan fingerprint density at radius 1 is 1.06 bits per heavy atom. The number of carbonyl (C=O) groups excluding carboxylic acids is 1. The third-order valence-corrected chi connectivity index (χ3v) is 5.51. The van der Waals surface area contributed by atoms with Gasteiger partial charge in [0.25, 0.3) is 5.91 Å². The number of fused-ring (bicyclic) bond motifs is 1. The summed E-state index contributed by atoms with van der Waals surface area (Å²) in [7, 11) is 3.16. The number of rotatable bonds is 9. The summed E-state index contributed by atoms with van der Waals surface area (Å²) in [5.74, 6) is 1.98. The van der Waals surface area contributed by atoms with Crippen molar-refractivity contribution in [3.8, 4) is 22.8 Å². The van der Waals surface area contributed by atoms with Crippen LogP contribution < -0.4 is 20.5 Å². The van der Waals surface area contributed by atoms with Gasteiger partial charge in [-0.15, -0.1) is 0 Å². The number of oxazole rings is 1. The van der Waals surface area contributed by atoms with Crippen molar-refractivity contribution >= 4 is 16.7 Å². The second-order valence-electron chi connectivity index (χ2n) is 7.62. The van der Waals surface area contributed by atoms with Crippen molar-refractivity contribution in [2.45, 2.75) is 18.9 Å². The largest absolute Gasteiger partial charge is 0.496 e. The van der Waals surface area contributed by atoms with Crippen LogP contribution in [0.1, 0.15) is 35.1 Å². The highest BCUT2D eigenvalue weighted by Gasteiger charge is 2.23. The first kappa shape index (κ1) is 22.4. The van der Waals surface area contributed by atoms with Crippen LogP contribution in [0.4, 0.5) is 0 Å². The van der Waals surface area contributed by atoms with Crippen LogP contribution in [0, 0.1) is 0 Å². The van der Waals surface area contributed by atoms with Crippen LogP contribution in [0.5, 0.6) is 11.5 Å². The van der Waals surface area contributed by atoms with Crippen molar-refractivity contribution in [2.24, 2.45) is 5.73 Å². The molecule has 0 aliphatic heterocycles. The molecule has 7 nitrogen and oxygen atoms in total. The lowest BCUT2D eigenvalue weighted by Crippen LogP contribution is -2.29. The maximum Gasteiger partial charge on any atom is 0.255 e. The molecule has 0 radical (unpaired) electrons. The predicted octanol–water partition coefficient (Wildman–Crippen LogP) is 4.72. The summed E-state index contributed by atoms with van der Waals surface area (Å²) in [6.07, 6.45) is 2.98. The summed E-state index contributed by atoms with van der Waals surface area (Å²) in [6.45, 7) is 0.498. The molecule has 170 valence electrons. The fourth-order valence-corrected chi connectivity index (χ4v) is 3.80. The number of benzene rings is 3. The third kappa shape index (κ3) is 4.83. The number of aromatic nitrogens is 1. The fraction of sp³-hybridized carbons (Fsp3) is 0.231. The van der Waals surface area contributed by atoms with Crippen LogP contribution in [0.2, 0.25) is 0 Å². The van der Waals surface area contributed by atoms with Gasteiger partial charge in [-0.05, 0) is 43.0 Å². The molecular weight excluding hydrogens is 418 g/mol. The van der Waals surface area contributed by atoms with E-state index in [1.165, 1.54) is 0 Å². The third-order valence-electron chi connectivity index (χ3n) is 5.51. The molecule has 3 aromatic carbocycles. The van der Waals surface area contributed by atoms with Gasteiger partial charge in [0.15, 0.2) is 5.76 Å². The first-order valence-electron chi connectivity index (χ1n) is 10.8. The molecule has 0 bridgehead atoms. The van der Waals surface area contributed by atoms with Crippen molar-refractivity contribution < 1.29 is 18.7 Å². The van der Waals surface area contributed by atoms with E-state index in [1.807, 2.05) is 54.6 Å². The first-order valence-corrected chi connectivity index (χ1v) is 10.8. The van der Waals surface area contributed by atoms with E-state index in [-0.39, 0.29) is 5.91 Å². The molecule has 1 atom stereocenters. The number of ether oxygens (including phenoxy) is 2. The Kier molecular flexibility index (Phi) is 6.90. The molecule has 0 unspecified atom stereocenters. The van der Waals surface area contributed by atoms with Crippen LogP contribution in [0.3, 0.4) is 0 Å². The number of nitrogens with one attached hydrogen (secondary N) is 1. The molecule has 0 saturated carbocycles. The van der Waals surface area contributed by atoms with E-state index >= 15 is 0 Å². The number of nitrogens with zero attached hydrogens (tertiary/aromatic N) is 1. The minimum absolute atomic E-state index is 0.280. The molecule has 3 N–H and O–H groups in total. The maximum atomic E-state index is 13.3. The van der Waals surface area contributed by atoms with E-state index in [0.717, 1.165) is 16.3 Å². The zero-order valence-electron chi connectivity index (χ0n) is 18.7. The number of carbonyl (C=O) groups is 1. The normalized spacial score (nSPS) is 11.8. The Morgan fingerprint density at radius 3 is 2.58 bits per heavy atom. The number of methoxy groups -OCH3 is 2. The molecular formula is C26H27N3O4. The number of nitrogens with two attached hydrogens (primary N) is 1. The molecule has 0 spiro atoms. The second kappa shape index (κ2) is 10.2. The molecule has 0 aliphatic rings. The number of hydrogen-bond donors (Lipinski definition) is 2. The molecule has 33 heavy (non-hydrogen) atoms. The zero-order chi connectivity index (χ0) is 23.2. The monoisotopic (exact) mass is 445 g/mol. The quantitative estimate of drug-likeness (QED) is 0.387. The van der Waals surface area contributed by atoms with E-state index < -0.39 is 6.04 Å². The second-order valence-corrected chi connectivity index (χ2v) is 7.62. The van der Waals surface area contributed by atoms with Crippen molar-refractivity contribution in [3.63, 3.8) is 0 Å². The Morgan fingerprint density at radius 2 is 1.85 bits per heavy atom. The minimum Gasteiger partial charge on any atom is -0.496 e. The highest BCUT2D eigenvalue weighted by molar-refractivity contribution is 6.03. The Labute approximate surface area is 192 Å². The standard InChI is InChI=1S/C26H27N3O4/c1-31-22-12-6-10-18-14-20(23(32-2)15-19(18)22)25(30)29-21(11-7-13-27)26-28-16-24(33-26)17-8-4-3-5-9-17/h3-6,8-10,12,14-16,21H,7,11,13,27H2,1-2H3,(H,29,30)/t21-/m0/s1. The summed E-state index contributed by atoms with van der Waals surface area (Å²) in [5, 5.41) is 4.80. The molecule has 1 aromatic heterocycles. The van der Waals surface area contributed by atoms with Gasteiger partial charge in [0.05, 0.1) is 26.0 Å². The van der Waals surface area contributed by atoms with Crippen LogP contribution in [-0.2, 0) is 0 Å². The van der Waals surface area contributed by atoms with Gasteiger partial charge in [-0.25, -0.2) is 4.98 Å². The van der Waals surface area contributed by atoms with Gasteiger partial charge in [-0.1, -0.05) is 42.5 Å². The van der Waals surface area contributed by atoms with Crippen LogP contribution in [0.15, 0.2) is 71.3 Å².